The van der Waals surface area contributed by atoms with Crippen LogP contribution in [0.2, 0.25) is 0 Å². The van der Waals surface area contributed by atoms with Gasteiger partial charge >= 0.3 is 0 Å². The van der Waals surface area contributed by atoms with Crippen molar-refractivity contribution in [2.75, 3.05) is 13.2 Å². The first kappa shape index (κ1) is 18.4. The molecule has 0 fully saturated rings. The average molecular weight is 340 g/mol. The lowest BCUT2D eigenvalue weighted by Gasteiger charge is -2.08. The average Bonchev–Trinajstić information content (AvgIpc) is 2.61. The van der Waals surface area contributed by atoms with Crippen LogP contribution in [0.5, 0.6) is 11.5 Å². The summed E-state index contributed by atoms with van der Waals surface area (Å²) in [5.41, 5.74) is 7.24. The minimum absolute atomic E-state index is 0.0425. The molecule has 0 saturated heterocycles. The van der Waals surface area contributed by atoms with E-state index in [9.17, 15) is 0 Å². The maximum Gasteiger partial charge on any atom is 0.137 e. The number of nitrogen functional groups attached to an aromatic ring is 1. The monoisotopic (exact) mass is 340 g/mol. The van der Waals surface area contributed by atoms with Crippen LogP contribution in [0.15, 0.2) is 42.6 Å². The van der Waals surface area contributed by atoms with Gasteiger partial charge in [-0.25, -0.2) is 0 Å². The molecule has 0 aliphatic rings. The van der Waals surface area contributed by atoms with Gasteiger partial charge < -0.3 is 20.6 Å². The second-order valence-corrected chi connectivity index (χ2v) is 5.70. The van der Waals surface area contributed by atoms with Crippen LogP contribution in [0.25, 0.3) is 0 Å². The van der Waals surface area contributed by atoms with Crippen molar-refractivity contribution >= 4 is 11.5 Å². The van der Waals surface area contributed by atoms with Crippen molar-refractivity contribution < 1.29 is 9.47 Å². The highest BCUT2D eigenvalue weighted by Crippen LogP contribution is 2.14. The van der Waals surface area contributed by atoms with Gasteiger partial charge in [-0.1, -0.05) is 12.1 Å². The molecule has 0 aliphatic heterocycles. The molecule has 6 heteroatoms. The van der Waals surface area contributed by atoms with Crippen LogP contribution in [0.1, 0.15) is 37.4 Å². The van der Waals surface area contributed by atoms with Crippen LogP contribution in [0.4, 0.5) is 0 Å². The lowest BCUT2D eigenvalue weighted by Crippen LogP contribution is -2.11. The first-order valence-electron chi connectivity index (χ1n) is 8.28. The molecule has 1 heterocycles. The molecule has 1 aromatic carbocycles. The number of rotatable bonds is 10. The van der Waals surface area contributed by atoms with E-state index in [0.29, 0.717) is 30.2 Å². The molecule has 0 atom stereocenters. The van der Waals surface area contributed by atoms with E-state index < -0.39 is 0 Å². The molecule has 25 heavy (non-hydrogen) atoms. The summed E-state index contributed by atoms with van der Waals surface area (Å²) in [6.45, 7) is 2.96. The molecule has 2 aromatic rings. The minimum Gasteiger partial charge on any atom is -0.494 e. The predicted molar refractivity (Wildman–Crippen MR) is 99.0 cm³/mol. The summed E-state index contributed by atoms with van der Waals surface area (Å²) in [5.74, 6) is 1.50. The molecule has 0 aliphatic carbocycles. The predicted octanol–water partition coefficient (Wildman–Crippen LogP) is 3.38. The first-order valence-corrected chi connectivity index (χ1v) is 8.28. The van der Waals surface area contributed by atoms with Crippen LogP contribution in [0, 0.1) is 10.8 Å². The molecule has 0 amide bonds. The summed E-state index contributed by atoms with van der Waals surface area (Å²) in [4.78, 5) is 4.17. The van der Waals surface area contributed by atoms with Crippen molar-refractivity contribution in [2.45, 2.75) is 26.2 Å². The van der Waals surface area contributed by atoms with Gasteiger partial charge in [0, 0.05) is 5.56 Å². The van der Waals surface area contributed by atoms with Gasteiger partial charge in [0.15, 0.2) is 0 Å². The molecule has 0 spiro atoms. The number of ether oxygens (including phenoxy) is 2. The van der Waals surface area contributed by atoms with Crippen LogP contribution in [-0.4, -0.2) is 29.7 Å². The first-order chi connectivity index (χ1) is 12.1. The Labute approximate surface area is 148 Å². The van der Waals surface area contributed by atoms with E-state index in [1.807, 2.05) is 18.2 Å². The maximum atomic E-state index is 7.50. The molecule has 6 nitrogen and oxygen atoms in total. The normalized spacial score (nSPS) is 10.3. The van der Waals surface area contributed by atoms with E-state index in [1.165, 1.54) is 0 Å². The van der Waals surface area contributed by atoms with Gasteiger partial charge in [-0.15, -0.1) is 0 Å². The number of hydrogen-bond acceptors (Lipinski definition) is 5. The lowest BCUT2D eigenvalue weighted by molar-refractivity contribution is 0.279. The van der Waals surface area contributed by atoms with E-state index in [0.717, 1.165) is 30.8 Å². The number of hydrogen-bond donors (Lipinski definition) is 3. The minimum atomic E-state index is 0.0425. The summed E-state index contributed by atoms with van der Waals surface area (Å²) in [7, 11) is 0. The molecule has 0 bridgehead atoms. The van der Waals surface area contributed by atoms with Gasteiger partial charge in [0.1, 0.15) is 17.3 Å². The van der Waals surface area contributed by atoms with Crippen molar-refractivity contribution in [2.24, 2.45) is 5.73 Å². The number of nitrogens with one attached hydrogen (secondary N) is 2. The molecule has 4 N–H and O–H groups in total. The Morgan fingerprint density at radius 2 is 1.72 bits per heavy atom. The van der Waals surface area contributed by atoms with Crippen molar-refractivity contribution in [3.05, 3.63) is 53.9 Å². The molecular weight excluding hydrogens is 316 g/mol. The number of unbranched alkanes of at least 4 members (excludes halogenated alkanes) is 2. The van der Waals surface area contributed by atoms with Gasteiger partial charge in [-0.3, -0.25) is 10.4 Å². The summed E-state index contributed by atoms with van der Waals surface area (Å²) in [6.07, 6.45) is 4.51. The molecule has 1 aromatic heterocycles. The quantitative estimate of drug-likeness (QED) is 0.350. The Morgan fingerprint density at radius 1 is 1.00 bits per heavy atom. The Kier molecular flexibility index (Phi) is 6.95. The molecule has 2 rings (SSSR count). The van der Waals surface area contributed by atoms with E-state index in [2.05, 4.69) is 4.98 Å². The Morgan fingerprint density at radius 3 is 2.32 bits per heavy atom. The Hall–Kier alpha value is -2.89. The highest BCUT2D eigenvalue weighted by molar-refractivity contribution is 5.95. The van der Waals surface area contributed by atoms with Crippen LogP contribution < -0.4 is 15.2 Å². The number of aromatic nitrogens is 1. The summed E-state index contributed by atoms with van der Waals surface area (Å²) in [6, 6.07) is 10.9. The lowest BCUT2D eigenvalue weighted by atomic mass is 10.2. The van der Waals surface area contributed by atoms with Crippen LogP contribution >= 0.6 is 0 Å². The van der Waals surface area contributed by atoms with Gasteiger partial charge in [0.25, 0.3) is 0 Å². The summed E-state index contributed by atoms with van der Waals surface area (Å²) < 4.78 is 11.3. The second kappa shape index (κ2) is 9.42. The molecule has 132 valence electrons. The molecule has 0 radical (unpaired) electrons. The number of amidine groups is 1. The number of nitrogens with zero attached hydrogens (tertiary/aromatic N) is 1. The fourth-order valence-corrected chi connectivity index (χ4v) is 2.20. The van der Waals surface area contributed by atoms with Crippen LogP contribution in [-0.2, 0) is 0 Å². The van der Waals surface area contributed by atoms with Crippen molar-refractivity contribution in [1.82, 2.24) is 4.98 Å². The summed E-state index contributed by atoms with van der Waals surface area (Å²) in [5, 5.41) is 14.9. The van der Waals surface area contributed by atoms with Gasteiger partial charge in [0.2, 0.25) is 0 Å². The van der Waals surface area contributed by atoms with Crippen LogP contribution in [0.3, 0.4) is 0 Å². The van der Waals surface area contributed by atoms with Gasteiger partial charge in [0.05, 0.1) is 30.8 Å². The SMILES string of the molecule is CC(=N)c1ccc(OCCCCCOc2cccc(C(=N)N)c2)cn1. The smallest absolute Gasteiger partial charge is 0.137 e. The zero-order chi connectivity index (χ0) is 18.1. The van der Waals surface area contributed by atoms with E-state index in [1.54, 1.807) is 31.3 Å². The molecule has 0 saturated carbocycles. The summed E-state index contributed by atoms with van der Waals surface area (Å²) >= 11 is 0. The zero-order valence-electron chi connectivity index (χ0n) is 14.4. The zero-order valence-corrected chi connectivity index (χ0v) is 14.4. The highest BCUT2D eigenvalue weighted by atomic mass is 16.5. The second-order valence-electron chi connectivity index (χ2n) is 5.70. The third kappa shape index (κ3) is 6.25. The van der Waals surface area contributed by atoms with Crippen molar-refractivity contribution in [3.63, 3.8) is 0 Å². The Bertz CT molecular complexity index is 714. The topological polar surface area (TPSA) is 105 Å². The third-order valence-electron chi connectivity index (χ3n) is 3.59. The van der Waals surface area contributed by atoms with Crippen molar-refractivity contribution in [3.8, 4) is 11.5 Å². The van der Waals surface area contributed by atoms with Crippen molar-refractivity contribution in [1.29, 1.82) is 10.8 Å². The third-order valence-corrected chi connectivity index (χ3v) is 3.59. The fraction of sp³-hybridized carbons (Fsp3) is 0.316. The number of pyridine rings is 1. The number of nitrogens with two attached hydrogens (primary N) is 1. The standard InChI is InChI=1S/C19H24N4O2/c1-14(20)18-9-8-17(13-23-18)25-11-4-2-3-10-24-16-7-5-6-15(12-16)19(21)22/h5-9,12-13,20H,2-4,10-11H2,1H3,(H3,21,22). The largest absolute Gasteiger partial charge is 0.494 e. The Balaban J connectivity index is 1.60. The van der Waals surface area contributed by atoms with Gasteiger partial charge in [-0.05, 0) is 50.5 Å². The van der Waals surface area contributed by atoms with E-state index >= 15 is 0 Å². The van der Waals surface area contributed by atoms with E-state index in [-0.39, 0.29) is 5.84 Å². The van der Waals surface area contributed by atoms with E-state index in [4.69, 9.17) is 26.0 Å². The number of benzene rings is 1. The fourth-order valence-electron chi connectivity index (χ4n) is 2.20. The molecule has 0 unspecified atom stereocenters. The highest BCUT2D eigenvalue weighted by Gasteiger charge is 2.01. The maximum absolute atomic E-state index is 7.50. The van der Waals surface area contributed by atoms with Gasteiger partial charge in [-0.2, -0.15) is 0 Å². The molecular formula is C19H24N4O2.